The Morgan fingerprint density at radius 3 is 1.66 bits per heavy atom. The van der Waals surface area contributed by atoms with E-state index in [1.54, 1.807) is 0 Å². The molecule has 0 saturated carbocycles. The predicted molar refractivity (Wildman–Crippen MR) is 112 cm³/mol. The van der Waals surface area contributed by atoms with E-state index in [0.717, 1.165) is 12.8 Å². The van der Waals surface area contributed by atoms with E-state index in [-0.39, 0.29) is 6.61 Å². The molecule has 0 unspecified atom stereocenters. The first-order valence-corrected chi connectivity index (χ1v) is 10.8. The van der Waals surface area contributed by atoms with Crippen LogP contribution in [0, 0.1) is 20.8 Å². The van der Waals surface area contributed by atoms with Crippen LogP contribution in [0.4, 0.5) is 0 Å². The van der Waals surface area contributed by atoms with Gasteiger partial charge in [0.05, 0.1) is 13.2 Å². The summed E-state index contributed by atoms with van der Waals surface area (Å²) in [4.78, 5) is 0. The van der Waals surface area contributed by atoms with Crippen LogP contribution >= 0.6 is 0 Å². The second-order valence-electron chi connectivity index (χ2n) is 7.64. The van der Waals surface area contributed by atoms with Gasteiger partial charge in [-0.25, -0.2) is 0 Å². The Balaban J connectivity index is 0.000000751. The van der Waals surface area contributed by atoms with Crippen LogP contribution in [0.15, 0.2) is 0 Å². The second-order valence-corrected chi connectivity index (χ2v) is 7.64. The van der Waals surface area contributed by atoms with Gasteiger partial charge in [-0.1, -0.05) is 12.8 Å². The number of aliphatic hydroxyl groups is 7. The van der Waals surface area contributed by atoms with E-state index in [1.165, 1.54) is 12.8 Å². The van der Waals surface area contributed by atoms with Gasteiger partial charge in [0.2, 0.25) is 0 Å². The lowest BCUT2D eigenvalue weighted by Crippen LogP contribution is -2.64. The lowest BCUT2D eigenvalue weighted by molar-refractivity contribution is -0.359. The van der Waals surface area contributed by atoms with Crippen LogP contribution in [0.5, 0.6) is 0 Å². The van der Waals surface area contributed by atoms with E-state index in [2.05, 4.69) is 20.8 Å². The van der Waals surface area contributed by atoms with Gasteiger partial charge in [-0.3, -0.25) is 0 Å². The zero-order valence-electron chi connectivity index (χ0n) is 18.3. The summed E-state index contributed by atoms with van der Waals surface area (Å²) >= 11 is 0. The molecule has 0 bridgehead atoms. The summed E-state index contributed by atoms with van der Waals surface area (Å²) < 4.78 is 21.2. The van der Waals surface area contributed by atoms with Crippen molar-refractivity contribution >= 4 is 0 Å². The first-order valence-electron chi connectivity index (χ1n) is 10.8. The minimum Gasteiger partial charge on any atom is -0.394 e. The Hall–Kier alpha value is -0.440. The van der Waals surface area contributed by atoms with E-state index in [9.17, 15) is 35.7 Å². The highest BCUT2D eigenvalue weighted by atomic mass is 16.7. The molecule has 2 fully saturated rings. The fourth-order valence-electron chi connectivity index (χ4n) is 3.25. The third-order valence-corrected chi connectivity index (χ3v) is 5.14. The maximum atomic E-state index is 10.3. The number of hydrogen-bond donors (Lipinski definition) is 7. The molecule has 2 aliphatic rings. The lowest BCUT2D eigenvalue weighted by Gasteiger charge is -2.46. The van der Waals surface area contributed by atoms with Crippen molar-refractivity contribution in [3.63, 3.8) is 0 Å². The van der Waals surface area contributed by atoms with Gasteiger partial charge in [0.25, 0.3) is 0 Å². The Morgan fingerprint density at radius 2 is 1.16 bits per heavy atom. The summed E-state index contributed by atoms with van der Waals surface area (Å²) in [6, 6.07) is 0. The van der Waals surface area contributed by atoms with Crippen LogP contribution in [0.3, 0.4) is 0 Å². The molecule has 11 nitrogen and oxygen atoms in total. The lowest BCUT2D eigenvalue weighted by atomic mass is 9.97. The zero-order valence-corrected chi connectivity index (χ0v) is 18.3. The van der Waals surface area contributed by atoms with E-state index < -0.39 is 74.6 Å². The van der Waals surface area contributed by atoms with Gasteiger partial charge in [-0.2, -0.15) is 19.3 Å². The molecular weight excluding hydrogens is 428 g/mol. The van der Waals surface area contributed by atoms with Crippen molar-refractivity contribution in [2.24, 2.45) is 0 Å². The molecule has 0 amide bonds. The number of rotatable bonds is 10. The van der Waals surface area contributed by atoms with Crippen LogP contribution in [0.1, 0.15) is 32.1 Å². The summed E-state index contributed by atoms with van der Waals surface area (Å²) in [6.45, 7) is 9.87. The predicted octanol–water partition coefficient (Wildman–Crippen LogP) is -1.93. The number of aliphatic hydroxyl groups excluding tert-OH is 7. The first-order chi connectivity index (χ1) is 15.3. The molecule has 0 aromatic rings. The largest absolute Gasteiger partial charge is 0.394 e. The summed E-state index contributed by atoms with van der Waals surface area (Å²) in [5.74, 6) is 0. The summed E-state index contributed by atoms with van der Waals surface area (Å²) in [7, 11) is 0. The fraction of sp³-hybridized carbons (Fsp3) is 0.857. The van der Waals surface area contributed by atoms with Gasteiger partial charge in [0.15, 0.2) is 12.6 Å². The molecule has 32 heavy (non-hydrogen) atoms. The molecule has 0 aliphatic carbocycles. The molecule has 7 N–H and O–H groups in total. The van der Waals surface area contributed by atoms with Crippen molar-refractivity contribution in [3.05, 3.63) is 20.8 Å². The summed E-state index contributed by atoms with van der Waals surface area (Å²) in [5, 5.41) is 68.7. The van der Waals surface area contributed by atoms with Crippen LogP contribution in [-0.4, -0.2) is 117 Å². The maximum Gasteiger partial charge on any atom is 0.187 e. The van der Waals surface area contributed by atoms with Crippen LogP contribution in [0.2, 0.25) is 0 Å². The van der Waals surface area contributed by atoms with Gasteiger partial charge < -0.3 is 75.5 Å². The standard InChI is InChI=1S/C15H27O11.C6H12/c1-2-3-23-14-12(22)10(20)13(7(5-17)25-14)26-15-11(21)9(19)8(18)6(4-16)24-15;1-3-5-6-4-2/h6-22H,1-5H2;1-6H2/q-1;-2/t6-,7-,8-,9+,10-,11-,12-,13-,14-,15-;/m1./s1. The number of hydrogen-bond acceptors (Lipinski definition) is 11. The molecule has 0 spiro atoms. The van der Waals surface area contributed by atoms with Crippen LogP contribution < -0.4 is 0 Å². The maximum absolute atomic E-state index is 10.3. The molecule has 0 aromatic carbocycles. The highest BCUT2D eigenvalue weighted by molar-refractivity contribution is 4.94. The highest BCUT2D eigenvalue weighted by Crippen LogP contribution is 2.29. The van der Waals surface area contributed by atoms with E-state index >= 15 is 0 Å². The molecule has 192 valence electrons. The van der Waals surface area contributed by atoms with Crippen molar-refractivity contribution in [2.75, 3.05) is 19.8 Å². The molecule has 10 atom stereocenters. The van der Waals surface area contributed by atoms with Crippen molar-refractivity contribution in [3.8, 4) is 0 Å². The van der Waals surface area contributed by atoms with E-state index in [1.807, 2.05) is 0 Å². The minimum absolute atomic E-state index is 0.158. The third kappa shape index (κ3) is 8.10. The highest BCUT2D eigenvalue weighted by Gasteiger charge is 2.50. The van der Waals surface area contributed by atoms with Crippen molar-refractivity contribution in [1.29, 1.82) is 0 Å². The van der Waals surface area contributed by atoms with Crippen LogP contribution in [0.25, 0.3) is 0 Å². The molecule has 2 rings (SSSR count). The van der Waals surface area contributed by atoms with Gasteiger partial charge in [0.1, 0.15) is 48.8 Å². The van der Waals surface area contributed by atoms with Gasteiger partial charge in [-0.15, -0.1) is 0 Å². The SMILES string of the molecule is [CH2-]CCCC[CH2-].[CH2-]CCO[C@@H]1O[C@H](CO)[C@@H](O[C@H]2O[C@H](CO)[C@@H](O)[C@H](O)[C@H]2O)[C@H](O)[C@H]1O. The van der Waals surface area contributed by atoms with Crippen molar-refractivity contribution in [2.45, 2.75) is 93.5 Å². The fourth-order valence-corrected chi connectivity index (χ4v) is 3.25. The summed E-state index contributed by atoms with van der Waals surface area (Å²) in [6.07, 6.45) is -9.43. The molecule has 2 saturated heterocycles. The van der Waals surface area contributed by atoms with Gasteiger partial charge >= 0.3 is 0 Å². The Labute approximate surface area is 189 Å². The Kier molecular flexibility index (Phi) is 14.3. The first kappa shape index (κ1) is 29.6. The van der Waals surface area contributed by atoms with Gasteiger partial charge in [0, 0.05) is 6.61 Å². The van der Waals surface area contributed by atoms with E-state index in [0.29, 0.717) is 6.42 Å². The average Bonchev–Trinajstić information content (AvgIpc) is 2.80. The quantitative estimate of drug-likeness (QED) is 0.140. The van der Waals surface area contributed by atoms with Gasteiger partial charge in [-0.05, 0) is 0 Å². The topological polar surface area (TPSA) is 179 Å². The smallest absolute Gasteiger partial charge is 0.187 e. The molecular formula is C21H39O11-3. The average molecular weight is 468 g/mol. The minimum atomic E-state index is -1.70. The summed E-state index contributed by atoms with van der Waals surface area (Å²) in [5.41, 5.74) is 0. The third-order valence-electron chi connectivity index (χ3n) is 5.14. The molecule has 2 heterocycles. The Morgan fingerprint density at radius 1 is 0.625 bits per heavy atom. The molecule has 0 radical (unpaired) electrons. The number of ether oxygens (including phenoxy) is 4. The van der Waals surface area contributed by atoms with Crippen molar-refractivity contribution in [1.82, 2.24) is 0 Å². The Bertz CT molecular complexity index is 475. The normalized spacial score (nSPS) is 39.9. The van der Waals surface area contributed by atoms with Crippen molar-refractivity contribution < 1.29 is 54.7 Å². The monoisotopic (exact) mass is 467 g/mol. The van der Waals surface area contributed by atoms with E-state index in [4.69, 9.17) is 18.9 Å². The molecule has 0 aromatic heterocycles. The second kappa shape index (κ2) is 15.5. The number of unbranched alkanes of at least 4 members (excludes halogenated alkanes) is 3. The van der Waals surface area contributed by atoms with Crippen LogP contribution in [-0.2, 0) is 18.9 Å². The molecule has 11 heteroatoms. The molecule has 2 aliphatic heterocycles. The zero-order chi connectivity index (χ0) is 24.3.